The van der Waals surface area contributed by atoms with Gasteiger partial charge in [-0.1, -0.05) is 20.3 Å². The predicted molar refractivity (Wildman–Crippen MR) is 66.5 cm³/mol. The lowest BCUT2D eigenvalue weighted by molar-refractivity contribution is 0.173. The zero-order valence-corrected chi connectivity index (χ0v) is 10.7. The van der Waals surface area contributed by atoms with Gasteiger partial charge in [-0.05, 0) is 37.6 Å². The standard InChI is InChI=1S/C13H27NO2/c1-3-11(5-7-15)9-14-13(4-2)12-6-8-16-10-12/h11-15H,3-10H2,1-2H3. The molecule has 1 saturated heterocycles. The number of aliphatic hydroxyl groups excluding tert-OH is 1. The number of hydrogen-bond donors (Lipinski definition) is 2. The Kier molecular flexibility index (Phi) is 7.01. The third kappa shape index (κ3) is 4.40. The molecule has 0 aromatic carbocycles. The molecule has 0 spiro atoms. The van der Waals surface area contributed by atoms with Crippen LogP contribution in [-0.4, -0.2) is 37.5 Å². The maximum atomic E-state index is 8.95. The van der Waals surface area contributed by atoms with E-state index in [1.807, 2.05) is 0 Å². The van der Waals surface area contributed by atoms with E-state index in [0.717, 1.165) is 32.6 Å². The highest BCUT2D eigenvalue weighted by Gasteiger charge is 2.24. The van der Waals surface area contributed by atoms with Gasteiger partial charge >= 0.3 is 0 Å². The van der Waals surface area contributed by atoms with E-state index in [4.69, 9.17) is 9.84 Å². The second-order valence-electron chi connectivity index (χ2n) is 4.83. The van der Waals surface area contributed by atoms with Gasteiger partial charge in [0.15, 0.2) is 0 Å². The third-order valence-corrected chi connectivity index (χ3v) is 3.76. The molecule has 0 aromatic rings. The van der Waals surface area contributed by atoms with E-state index in [1.165, 1.54) is 12.8 Å². The fraction of sp³-hybridized carbons (Fsp3) is 1.00. The summed E-state index contributed by atoms with van der Waals surface area (Å²) in [6.07, 6.45) is 4.43. The number of aliphatic hydroxyl groups is 1. The summed E-state index contributed by atoms with van der Waals surface area (Å²) in [5.41, 5.74) is 0. The van der Waals surface area contributed by atoms with Gasteiger partial charge in [-0.25, -0.2) is 0 Å². The molecule has 3 heteroatoms. The van der Waals surface area contributed by atoms with Gasteiger partial charge in [0.25, 0.3) is 0 Å². The molecular weight excluding hydrogens is 202 g/mol. The third-order valence-electron chi connectivity index (χ3n) is 3.76. The monoisotopic (exact) mass is 229 g/mol. The molecule has 1 fully saturated rings. The Bertz CT molecular complexity index is 169. The fourth-order valence-corrected chi connectivity index (χ4v) is 2.47. The second kappa shape index (κ2) is 8.04. The molecule has 16 heavy (non-hydrogen) atoms. The largest absolute Gasteiger partial charge is 0.396 e. The van der Waals surface area contributed by atoms with Gasteiger partial charge in [0, 0.05) is 19.3 Å². The highest BCUT2D eigenvalue weighted by Crippen LogP contribution is 2.19. The smallest absolute Gasteiger partial charge is 0.0509 e. The maximum Gasteiger partial charge on any atom is 0.0509 e. The Morgan fingerprint density at radius 1 is 1.38 bits per heavy atom. The number of rotatable bonds is 8. The Morgan fingerprint density at radius 3 is 2.69 bits per heavy atom. The molecule has 3 nitrogen and oxygen atoms in total. The summed E-state index contributed by atoms with van der Waals surface area (Å²) in [5, 5.41) is 12.6. The van der Waals surface area contributed by atoms with Crippen molar-refractivity contribution < 1.29 is 9.84 Å². The minimum atomic E-state index is 0.309. The molecule has 0 aliphatic carbocycles. The molecule has 3 unspecified atom stereocenters. The lowest BCUT2D eigenvalue weighted by Gasteiger charge is -2.25. The van der Waals surface area contributed by atoms with Crippen LogP contribution in [0.15, 0.2) is 0 Å². The molecule has 1 aliphatic rings. The number of hydrogen-bond acceptors (Lipinski definition) is 3. The molecule has 1 aliphatic heterocycles. The molecular formula is C13H27NO2. The number of ether oxygens (including phenoxy) is 1. The first kappa shape index (κ1) is 13.9. The molecule has 0 radical (unpaired) electrons. The lowest BCUT2D eigenvalue weighted by Crippen LogP contribution is -2.39. The summed E-state index contributed by atoms with van der Waals surface area (Å²) in [6.45, 7) is 7.62. The lowest BCUT2D eigenvalue weighted by atomic mass is 9.95. The summed E-state index contributed by atoms with van der Waals surface area (Å²) in [4.78, 5) is 0. The molecule has 0 saturated carbocycles. The first-order valence-corrected chi connectivity index (χ1v) is 6.73. The van der Waals surface area contributed by atoms with Crippen LogP contribution in [0.2, 0.25) is 0 Å². The molecule has 1 rings (SSSR count). The normalized spacial score (nSPS) is 24.6. The van der Waals surface area contributed by atoms with Crippen molar-refractivity contribution >= 4 is 0 Å². The SMILES string of the molecule is CCC(CCO)CNC(CC)C1CCOC1. The summed E-state index contributed by atoms with van der Waals surface area (Å²) < 4.78 is 5.44. The minimum absolute atomic E-state index is 0.309. The van der Waals surface area contributed by atoms with Crippen LogP contribution in [0.1, 0.15) is 39.5 Å². The van der Waals surface area contributed by atoms with Gasteiger partial charge in [-0.3, -0.25) is 0 Å². The van der Waals surface area contributed by atoms with Gasteiger partial charge in [0.1, 0.15) is 0 Å². The van der Waals surface area contributed by atoms with Crippen LogP contribution in [0.3, 0.4) is 0 Å². The van der Waals surface area contributed by atoms with E-state index in [-0.39, 0.29) is 0 Å². The van der Waals surface area contributed by atoms with Crippen LogP contribution in [0, 0.1) is 11.8 Å². The van der Waals surface area contributed by atoms with Crippen LogP contribution < -0.4 is 5.32 Å². The average Bonchev–Trinajstić information content (AvgIpc) is 2.82. The van der Waals surface area contributed by atoms with Gasteiger partial charge in [0.2, 0.25) is 0 Å². The Hall–Kier alpha value is -0.120. The summed E-state index contributed by atoms with van der Waals surface area (Å²) in [6, 6.07) is 0.593. The second-order valence-corrected chi connectivity index (χ2v) is 4.83. The number of nitrogens with one attached hydrogen (secondary N) is 1. The van der Waals surface area contributed by atoms with Crippen molar-refractivity contribution in [2.75, 3.05) is 26.4 Å². The summed E-state index contributed by atoms with van der Waals surface area (Å²) >= 11 is 0. The highest BCUT2D eigenvalue weighted by molar-refractivity contribution is 4.79. The van der Waals surface area contributed by atoms with E-state index >= 15 is 0 Å². The molecule has 0 aromatic heterocycles. The van der Waals surface area contributed by atoms with Crippen molar-refractivity contribution in [3.63, 3.8) is 0 Å². The molecule has 0 bridgehead atoms. The fourth-order valence-electron chi connectivity index (χ4n) is 2.47. The van der Waals surface area contributed by atoms with Gasteiger partial charge in [-0.15, -0.1) is 0 Å². The molecule has 0 amide bonds. The van der Waals surface area contributed by atoms with Crippen LogP contribution in [-0.2, 0) is 4.74 Å². The average molecular weight is 229 g/mol. The van der Waals surface area contributed by atoms with Crippen LogP contribution in [0.5, 0.6) is 0 Å². The van der Waals surface area contributed by atoms with Gasteiger partial charge < -0.3 is 15.2 Å². The highest BCUT2D eigenvalue weighted by atomic mass is 16.5. The minimum Gasteiger partial charge on any atom is -0.396 e. The Balaban J connectivity index is 2.26. The summed E-state index contributed by atoms with van der Waals surface area (Å²) in [5.74, 6) is 1.30. The van der Waals surface area contributed by atoms with Crippen molar-refractivity contribution in [1.82, 2.24) is 5.32 Å². The zero-order valence-electron chi connectivity index (χ0n) is 10.7. The molecule has 2 N–H and O–H groups in total. The van der Waals surface area contributed by atoms with Gasteiger partial charge in [0.05, 0.1) is 6.61 Å². The molecule has 1 heterocycles. The van der Waals surface area contributed by atoms with Crippen LogP contribution >= 0.6 is 0 Å². The quantitative estimate of drug-likeness (QED) is 0.667. The van der Waals surface area contributed by atoms with Crippen LogP contribution in [0.4, 0.5) is 0 Å². The van der Waals surface area contributed by atoms with Crippen molar-refractivity contribution in [3.8, 4) is 0 Å². The van der Waals surface area contributed by atoms with Gasteiger partial charge in [-0.2, -0.15) is 0 Å². The van der Waals surface area contributed by atoms with Crippen molar-refractivity contribution in [1.29, 1.82) is 0 Å². The first-order valence-electron chi connectivity index (χ1n) is 6.73. The van der Waals surface area contributed by atoms with Crippen molar-refractivity contribution in [2.45, 2.75) is 45.6 Å². The summed E-state index contributed by atoms with van der Waals surface area (Å²) in [7, 11) is 0. The first-order chi connectivity index (χ1) is 7.81. The van der Waals surface area contributed by atoms with E-state index in [0.29, 0.717) is 24.5 Å². The predicted octanol–water partition coefficient (Wildman–Crippen LogP) is 1.80. The zero-order chi connectivity index (χ0) is 11.8. The van der Waals surface area contributed by atoms with E-state index in [2.05, 4.69) is 19.2 Å². The Labute approximate surface area is 99.6 Å². The van der Waals surface area contributed by atoms with Crippen LogP contribution in [0.25, 0.3) is 0 Å². The van der Waals surface area contributed by atoms with E-state index in [9.17, 15) is 0 Å². The van der Waals surface area contributed by atoms with Crippen molar-refractivity contribution in [2.24, 2.45) is 11.8 Å². The topological polar surface area (TPSA) is 41.5 Å². The Morgan fingerprint density at radius 2 is 2.19 bits per heavy atom. The van der Waals surface area contributed by atoms with Crippen molar-refractivity contribution in [3.05, 3.63) is 0 Å². The maximum absolute atomic E-state index is 8.95. The van der Waals surface area contributed by atoms with E-state index < -0.39 is 0 Å². The van der Waals surface area contributed by atoms with E-state index in [1.54, 1.807) is 0 Å². The molecule has 3 atom stereocenters. The molecule has 96 valence electrons.